The lowest BCUT2D eigenvalue weighted by molar-refractivity contribution is -0.149. The molecule has 0 heterocycles. The van der Waals surface area contributed by atoms with Crippen molar-refractivity contribution < 1.29 is 14.3 Å². The summed E-state index contributed by atoms with van der Waals surface area (Å²) in [5.74, 6) is 0. The van der Waals surface area contributed by atoms with E-state index in [0.717, 1.165) is 19.4 Å². The Labute approximate surface area is 86.9 Å². The molecule has 0 amide bonds. The van der Waals surface area contributed by atoms with E-state index in [9.17, 15) is 0 Å². The average molecular weight is 205 g/mol. The van der Waals surface area contributed by atoms with Crippen molar-refractivity contribution in [1.29, 1.82) is 0 Å². The summed E-state index contributed by atoms with van der Waals surface area (Å²) in [6.45, 7) is 8.65. The molecule has 0 fully saturated rings. The molecule has 0 aliphatic carbocycles. The van der Waals surface area contributed by atoms with Gasteiger partial charge in [0, 0.05) is 13.2 Å². The molecule has 4 heteroatoms. The highest BCUT2D eigenvalue weighted by molar-refractivity contribution is 4.44. The van der Waals surface area contributed by atoms with Gasteiger partial charge in [-0.15, -0.1) is 0 Å². The molecule has 0 saturated heterocycles. The van der Waals surface area contributed by atoms with Gasteiger partial charge >= 0.3 is 0 Å². The van der Waals surface area contributed by atoms with Crippen molar-refractivity contribution >= 4 is 0 Å². The van der Waals surface area contributed by atoms with E-state index >= 15 is 0 Å². The fourth-order valence-electron chi connectivity index (χ4n) is 0.953. The van der Waals surface area contributed by atoms with Gasteiger partial charge in [-0.3, -0.25) is 0 Å². The maximum absolute atomic E-state index is 5.32. The first-order valence-corrected chi connectivity index (χ1v) is 5.42. The SMILES string of the molecule is CCCCONCC(OCC)OCC. The predicted octanol–water partition coefficient (Wildman–Crippen LogP) is 1.71. The summed E-state index contributed by atoms with van der Waals surface area (Å²) in [4.78, 5) is 5.19. The van der Waals surface area contributed by atoms with Gasteiger partial charge in [-0.25, -0.2) is 0 Å². The third-order valence-corrected chi connectivity index (χ3v) is 1.66. The minimum atomic E-state index is -0.202. The predicted molar refractivity (Wildman–Crippen MR) is 55.9 cm³/mol. The fraction of sp³-hybridized carbons (Fsp3) is 1.00. The van der Waals surface area contributed by atoms with Crippen LogP contribution in [0.15, 0.2) is 0 Å². The summed E-state index contributed by atoms with van der Waals surface area (Å²) >= 11 is 0. The normalized spacial score (nSPS) is 11.1. The highest BCUT2D eigenvalue weighted by Gasteiger charge is 2.06. The number of rotatable bonds is 10. The maximum atomic E-state index is 5.32. The molecule has 0 saturated carbocycles. The highest BCUT2D eigenvalue weighted by atomic mass is 16.7. The van der Waals surface area contributed by atoms with Gasteiger partial charge in [0.05, 0.1) is 13.2 Å². The molecule has 0 rings (SSSR count). The summed E-state index contributed by atoms with van der Waals surface area (Å²) in [5.41, 5.74) is 2.84. The van der Waals surface area contributed by atoms with Gasteiger partial charge in [0.25, 0.3) is 0 Å². The number of unbranched alkanes of at least 4 members (excludes halogenated alkanes) is 1. The first-order chi connectivity index (χ1) is 6.85. The van der Waals surface area contributed by atoms with Crippen molar-refractivity contribution in [1.82, 2.24) is 5.48 Å². The van der Waals surface area contributed by atoms with E-state index in [1.54, 1.807) is 0 Å². The molecule has 4 nitrogen and oxygen atoms in total. The molecule has 0 atom stereocenters. The van der Waals surface area contributed by atoms with Gasteiger partial charge in [0.2, 0.25) is 0 Å². The molecule has 0 spiro atoms. The Morgan fingerprint density at radius 1 is 1.07 bits per heavy atom. The second-order valence-corrected chi connectivity index (χ2v) is 2.89. The maximum Gasteiger partial charge on any atom is 0.172 e. The van der Waals surface area contributed by atoms with Crippen LogP contribution in [0, 0.1) is 0 Å². The Kier molecular flexibility index (Phi) is 10.8. The molecule has 0 aromatic carbocycles. The molecule has 0 aliphatic heterocycles. The number of hydroxylamine groups is 1. The van der Waals surface area contributed by atoms with Crippen LogP contribution in [-0.4, -0.2) is 32.7 Å². The van der Waals surface area contributed by atoms with Crippen molar-refractivity contribution in [3.8, 4) is 0 Å². The molecule has 0 unspecified atom stereocenters. The minimum Gasteiger partial charge on any atom is -0.351 e. The molecule has 14 heavy (non-hydrogen) atoms. The van der Waals surface area contributed by atoms with Crippen LogP contribution in [0.3, 0.4) is 0 Å². The van der Waals surface area contributed by atoms with Crippen molar-refractivity contribution in [3.05, 3.63) is 0 Å². The Morgan fingerprint density at radius 3 is 2.21 bits per heavy atom. The monoisotopic (exact) mass is 205 g/mol. The van der Waals surface area contributed by atoms with E-state index in [4.69, 9.17) is 14.3 Å². The zero-order valence-electron chi connectivity index (χ0n) is 9.54. The number of nitrogens with one attached hydrogen (secondary N) is 1. The van der Waals surface area contributed by atoms with Crippen molar-refractivity contribution in [2.45, 2.75) is 39.9 Å². The van der Waals surface area contributed by atoms with E-state index in [-0.39, 0.29) is 6.29 Å². The Morgan fingerprint density at radius 2 is 1.71 bits per heavy atom. The van der Waals surface area contributed by atoms with Gasteiger partial charge in [-0.05, 0) is 20.3 Å². The van der Waals surface area contributed by atoms with Crippen LogP contribution >= 0.6 is 0 Å². The topological polar surface area (TPSA) is 39.7 Å². The standard InChI is InChI=1S/C10H23NO3/c1-4-7-8-14-11-9-10(12-5-2)13-6-3/h10-11H,4-9H2,1-3H3. The van der Waals surface area contributed by atoms with Crippen LogP contribution in [0.5, 0.6) is 0 Å². The largest absolute Gasteiger partial charge is 0.351 e. The van der Waals surface area contributed by atoms with Crippen molar-refractivity contribution in [3.63, 3.8) is 0 Å². The van der Waals surface area contributed by atoms with Crippen LogP contribution < -0.4 is 5.48 Å². The third-order valence-electron chi connectivity index (χ3n) is 1.66. The van der Waals surface area contributed by atoms with Gasteiger partial charge in [0.1, 0.15) is 0 Å². The number of hydrogen-bond donors (Lipinski definition) is 1. The summed E-state index contributed by atoms with van der Waals surface area (Å²) in [6.07, 6.45) is 2.01. The lowest BCUT2D eigenvalue weighted by Crippen LogP contribution is -2.31. The zero-order valence-corrected chi connectivity index (χ0v) is 9.54. The quantitative estimate of drug-likeness (QED) is 0.335. The van der Waals surface area contributed by atoms with E-state index in [2.05, 4.69) is 12.4 Å². The van der Waals surface area contributed by atoms with Crippen LogP contribution in [0.2, 0.25) is 0 Å². The second kappa shape index (κ2) is 10.9. The van der Waals surface area contributed by atoms with Gasteiger partial charge in [-0.1, -0.05) is 13.3 Å². The zero-order chi connectivity index (χ0) is 10.6. The van der Waals surface area contributed by atoms with Gasteiger partial charge in [0.15, 0.2) is 6.29 Å². The van der Waals surface area contributed by atoms with Crippen LogP contribution in [0.25, 0.3) is 0 Å². The molecular formula is C10H23NO3. The molecular weight excluding hydrogens is 182 g/mol. The van der Waals surface area contributed by atoms with Gasteiger partial charge in [-0.2, -0.15) is 5.48 Å². The van der Waals surface area contributed by atoms with E-state index < -0.39 is 0 Å². The smallest absolute Gasteiger partial charge is 0.172 e. The van der Waals surface area contributed by atoms with Gasteiger partial charge < -0.3 is 14.3 Å². The molecule has 1 N–H and O–H groups in total. The Balaban J connectivity index is 3.30. The molecule has 0 aliphatic rings. The Hall–Kier alpha value is -0.160. The summed E-state index contributed by atoms with van der Waals surface area (Å²) in [6, 6.07) is 0. The van der Waals surface area contributed by atoms with E-state index in [1.807, 2.05) is 13.8 Å². The Bertz CT molecular complexity index is 106. The minimum absolute atomic E-state index is 0.202. The highest BCUT2D eigenvalue weighted by Crippen LogP contribution is 1.93. The fourth-order valence-corrected chi connectivity index (χ4v) is 0.953. The molecule has 0 aromatic heterocycles. The van der Waals surface area contributed by atoms with Crippen LogP contribution in [0.1, 0.15) is 33.6 Å². The van der Waals surface area contributed by atoms with Crippen molar-refractivity contribution in [2.75, 3.05) is 26.4 Å². The first-order valence-electron chi connectivity index (χ1n) is 5.42. The summed E-state index contributed by atoms with van der Waals surface area (Å²) in [5, 5.41) is 0. The first kappa shape index (κ1) is 13.8. The van der Waals surface area contributed by atoms with Crippen LogP contribution in [-0.2, 0) is 14.3 Å². The number of ether oxygens (including phenoxy) is 2. The van der Waals surface area contributed by atoms with E-state index in [0.29, 0.717) is 19.8 Å². The summed E-state index contributed by atoms with van der Waals surface area (Å²) < 4.78 is 10.6. The number of hydrogen-bond acceptors (Lipinski definition) is 4. The lowest BCUT2D eigenvalue weighted by Gasteiger charge is -2.17. The molecule has 0 radical (unpaired) electrons. The second-order valence-electron chi connectivity index (χ2n) is 2.89. The third kappa shape index (κ3) is 8.44. The lowest BCUT2D eigenvalue weighted by atomic mass is 10.4. The van der Waals surface area contributed by atoms with Crippen LogP contribution in [0.4, 0.5) is 0 Å². The molecule has 0 bridgehead atoms. The molecule has 0 aromatic rings. The summed E-state index contributed by atoms with van der Waals surface area (Å²) in [7, 11) is 0. The van der Waals surface area contributed by atoms with E-state index in [1.165, 1.54) is 0 Å². The molecule has 86 valence electrons. The van der Waals surface area contributed by atoms with Crippen molar-refractivity contribution in [2.24, 2.45) is 0 Å². The average Bonchev–Trinajstić information content (AvgIpc) is 2.18.